The number of halogens is 1. The summed E-state index contributed by atoms with van der Waals surface area (Å²) in [7, 11) is 0. The smallest absolute Gasteiger partial charge is 0.271 e. The van der Waals surface area contributed by atoms with Gasteiger partial charge in [-0.25, -0.2) is 4.98 Å². The standard InChI is InChI=1S/C15H18ClN3O2/c1-4-5-17-15-12(9(2)3)7-10-6-11(19(20)21)8-13(16)14(10)18-15/h6-9H,4-5H2,1-3H3,(H,17,18). The molecule has 0 atom stereocenters. The third kappa shape index (κ3) is 3.24. The summed E-state index contributed by atoms with van der Waals surface area (Å²) in [5.74, 6) is 1.06. The number of non-ortho nitro benzene ring substituents is 1. The molecular formula is C15H18ClN3O2. The molecular weight excluding hydrogens is 290 g/mol. The van der Waals surface area contributed by atoms with Crippen molar-refractivity contribution in [3.8, 4) is 0 Å². The Labute approximate surface area is 128 Å². The zero-order valence-corrected chi connectivity index (χ0v) is 13.1. The average molecular weight is 308 g/mol. The molecule has 0 fully saturated rings. The molecule has 0 radical (unpaired) electrons. The first kappa shape index (κ1) is 15.5. The molecule has 0 spiro atoms. The number of aromatic nitrogens is 1. The zero-order valence-electron chi connectivity index (χ0n) is 12.3. The molecule has 21 heavy (non-hydrogen) atoms. The summed E-state index contributed by atoms with van der Waals surface area (Å²) in [6.07, 6.45) is 0.991. The molecule has 0 aliphatic rings. The van der Waals surface area contributed by atoms with Gasteiger partial charge in [0.2, 0.25) is 0 Å². The molecule has 112 valence electrons. The van der Waals surface area contributed by atoms with Crippen molar-refractivity contribution < 1.29 is 4.92 Å². The van der Waals surface area contributed by atoms with Crippen LogP contribution in [0.25, 0.3) is 10.9 Å². The molecule has 1 heterocycles. The van der Waals surface area contributed by atoms with Crippen molar-refractivity contribution in [2.24, 2.45) is 0 Å². The van der Waals surface area contributed by atoms with E-state index < -0.39 is 4.92 Å². The average Bonchev–Trinajstić information content (AvgIpc) is 2.44. The van der Waals surface area contributed by atoms with E-state index in [0.717, 1.165) is 24.3 Å². The van der Waals surface area contributed by atoms with E-state index in [1.54, 1.807) is 0 Å². The van der Waals surface area contributed by atoms with Gasteiger partial charge in [0, 0.05) is 24.1 Å². The molecule has 2 rings (SSSR count). The highest BCUT2D eigenvalue weighted by Crippen LogP contribution is 2.33. The molecule has 6 heteroatoms. The molecule has 5 nitrogen and oxygen atoms in total. The Balaban J connectivity index is 2.65. The fourth-order valence-corrected chi connectivity index (χ4v) is 2.44. The van der Waals surface area contributed by atoms with Gasteiger partial charge in [-0.1, -0.05) is 32.4 Å². The minimum atomic E-state index is -0.441. The van der Waals surface area contributed by atoms with Crippen LogP contribution >= 0.6 is 11.6 Å². The lowest BCUT2D eigenvalue weighted by molar-refractivity contribution is -0.384. The Morgan fingerprint density at radius 3 is 2.67 bits per heavy atom. The predicted octanol–water partition coefficient (Wildman–Crippen LogP) is 4.74. The number of pyridine rings is 1. The normalized spacial score (nSPS) is 11.1. The van der Waals surface area contributed by atoms with Gasteiger partial charge in [0.15, 0.2) is 0 Å². The summed E-state index contributed by atoms with van der Waals surface area (Å²) >= 11 is 6.15. The van der Waals surface area contributed by atoms with Gasteiger partial charge in [0.05, 0.1) is 15.5 Å². The molecule has 0 saturated heterocycles. The maximum atomic E-state index is 10.9. The highest BCUT2D eigenvalue weighted by atomic mass is 35.5. The largest absolute Gasteiger partial charge is 0.370 e. The van der Waals surface area contributed by atoms with Crippen LogP contribution < -0.4 is 5.32 Å². The molecule has 0 aliphatic carbocycles. The highest BCUT2D eigenvalue weighted by Gasteiger charge is 2.16. The van der Waals surface area contributed by atoms with Crippen LogP contribution in [0.4, 0.5) is 11.5 Å². The first-order chi connectivity index (χ1) is 9.93. The molecule has 1 aromatic heterocycles. The monoisotopic (exact) mass is 307 g/mol. The summed E-state index contributed by atoms with van der Waals surface area (Å²) < 4.78 is 0. The van der Waals surface area contributed by atoms with Crippen molar-refractivity contribution in [3.05, 3.63) is 38.9 Å². The second-order valence-electron chi connectivity index (χ2n) is 5.26. The van der Waals surface area contributed by atoms with Crippen LogP contribution in [-0.2, 0) is 0 Å². The summed E-state index contributed by atoms with van der Waals surface area (Å²) in [5.41, 5.74) is 1.61. The van der Waals surface area contributed by atoms with Gasteiger partial charge in [-0.05, 0) is 24.0 Å². The van der Waals surface area contributed by atoms with Crippen molar-refractivity contribution in [2.75, 3.05) is 11.9 Å². The maximum absolute atomic E-state index is 10.9. The fourth-order valence-electron chi connectivity index (χ4n) is 2.18. The van der Waals surface area contributed by atoms with Crippen molar-refractivity contribution in [1.29, 1.82) is 0 Å². The third-order valence-electron chi connectivity index (χ3n) is 3.26. The van der Waals surface area contributed by atoms with Gasteiger partial charge in [-0.2, -0.15) is 0 Å². The van der Waals surface area contributed by atoms with E-state index in [0.29, 0.717) is 15.9 Å². The molecule has 0 amide bonds. The van der Waals surface area contributed by atoms with E-state index in [1.165, 1.54) is 12.1 Å². The second-order valence-corrected chi connectivity index (χ2v) is 5.67. The summed E-state index contributed by atoms with van der Waals surface area (Å²) in [5, 5.41) is 15.2. The summed E-state index contributed by atoms with van der Waals surface area (Å²) in [6.45, 7) is 7.04. The number of nitrogens with one attached hydrogen (secondary N) is 1. The fraction of sp³-hybridized carbons (Fsp3) is 0.400. The topological polar surface area (TPSA) is 68.1 Å². The minimum Gasteiger partial charge on any atom is -0.370 e. The van der Waals surface area contributed by atoms with E-state index >= 15 is 0 Å². The van der Waals surface area contributed by atoms with Crippen molar-refractivity contribution in [2.45, 2.75) is 33.1 Å². The Morgan fingerprint density at radius 1 is 1.38 bits per heavy atom. The maximum Gasteiger partial charge on any atom is 0.271 e. The van der Waals surface area contributed by atoms with Crippen molar-refractivity contribution in [1.82, 2.24) is 4.98 Å². The minimum absolute atomic E-state index is 0.0155. The van der Waals surface area contributed by atoms with E-state index in [2.05, 4.69) is 31.1 Å². The summed E-state index contributed by atoms with van der Waals surface area (Å²) in [6, 6.07) is 4.79. The number of nitro benzene ring substituents is 1. The number of hydrogen-bond acceptors (Lipinski definition) is 4. The lowest BCUT2D eigenvalue weighted by Crippen LogP contribution is -2.07. The van der Waals surface area contributed by atoms with E-state index in [9.17, 15) is 10.1 Å². The molecule has 0 bridgehead atoms. The SMILES string of the molecule is CCCNc1nc2c(Cl)cc([N+](=O)[O-])cc2cc1C(C)C. The number of rotatable bonds is 5. The van der Waals surface area contributed by atoms with Crippen LogP contribution in [0.3, 0.4) is 0 Å². The Kier molecular flexibility index (Phi) is 4.63. The van der Waals surface area contributed by atoms with Crippen molar-refractivity contribution in [3.63, 3.8) is 0 Å². The van der Waals surface area contributed by atoms with Crippen LogP contribution in [0.2, 0.25) is 5.02 Å². The number of benzene rings is 1. The first-order valence-electron chi connectivity index (χ1n) is 6.96. The van der Waals surface area contributed by atoms with Gasteiger partial charge in [-0.3, -0.25) is 10.1 Å². The number of fused-ring (bicyclic) bond motifs is 1. The van der Waals surface area contributed by atoms with Crippen molar-refractivity contribution >= 4 is 34.0 Å². The van der Waals surface area contributed by atoms with Crippen LogP contribution in [0, 0.1) is 10.1 Å². The van der Waals surface area contributed by atoms with Gasteiger partial charge in [0.25, 0.3) is 5.69 Å². The molecule has 1 aromatic carbocycles. The quantitative estimate of drug-likeness (QED) is 0.640. The van der Waals surface area contributed by atoms with E-state index in [-0.39, 0.29) is 11.6 Å². The molecule has 1 N–H and O–H groups in total. The van der Waals surface area contributed by atoms with E-state index in [1.807, 2.05) is 6.07 Å². The lowest BCUT2D eigenvalue weighted by Gasteiger charge is -2.15. The molecule has 0 aliphatic heterocycles. The number of nitro groups is 1. The highest BCUT2D eigenvalue weighted by molar-refractivity contribution is 6.35. The zero-order chi connectivity index (χ0) is 15.6. The molecule has 0 saturated carbocycles. The number of anilines is 1. The van der Waals surface area contributed by atoms with Gasteiger partial charge in [-0.15, -0.1) is 0 Å². The van der Waals surface area contributed by atoms with Crippen LogP contribution in [0.5, 0.6) is 0 Å². The number of hydrogen-bond donors (Lipinski definition) is 1. The molecule has 2 aromatic rings. The summed E-state index contributed by atoms with van der Waals surface area (Å²) in [4.78, 5) is 15.1. The lowest BCUT2D eigenvalue weighted by atomic mass is 10.0. The number of nitrogens with zero attached hydrogens (tertiary/aromatic N) is 2. The third-order valence-corrected chi connectivity index (χ3v) is 3.55. The van der Waals surface area contributed by atoms with E-state index in [4.69, 9.17) is 11.6 Å². The van der Waals surface area contributed by atoms with Crippen LogP contribution in [0.1, 0.15) is 38.7 Å². The Morgan fingerprint density at radius 2 is 2.10 bits per heavy atom. The Bertz CT molecular complexity index is 686. The Hall–Kier alpha value is -1.88. The van der Waals surface area contributed by atoms with Crippen LogP contribution in [-0.4, -0.2) is 16.5 Å². The first-order valence-corrected chi connectivity index (χ1v) is 7.34. The van der Waals surface area contributed by atoms with Gasteiger partial charge in [0.1, 0.15) is 5.82 Å². The predicted molar refractivity (Wildman–Crippen MR) is 86.3 cm³/mol. The van der Waals surface area contributed by atoms with Crippen LogP contribution in [0.15, 0.2) is 18.2 Å². The van der Waals surface area contributed by atoms with Gasteiger partial charge >= 0.3 is 0 Å². The second kappa shape index (κ2) is 6.26. The molecule has 0 unspecified atom stereocenters. The van der Waals surface area contributed by atoms with Gasteiger partial charge < -0.3 is 5.32 Å².